The molecule has 0 aromatic carbocycles. The minimum absolute atomic E-state index is 0.211. The smallest absolute Gasteiger partial charge is 0.327 e. The average Bonchev–Trinajstić information content (AvgIpc) is 2.92. The Morgan fingerprint density at radius 2 is 2.30 bits per heavy atom. The summed E-state index contributed by atoms with van der Waals surface area (Å²) in [5, 5.41) is 12.0. The lowest BCUT2D eigenvalue weighted by molar-refractivity contribution is -0.141. The third-order valence-electron chi connectivity index (χ3n) is 3.94. The van der Waals surface area contributed by atoms with Crippen LogP contribution in [-0.2, 0) is 9.53 Å². The molecule has 0 aromatic rings. The number of aliphatic carboxylic acids is 1. The van der Waals surface area contributed by atoms with Crippen LogP contribution in [0, 0.1) is 5.92 Å². The molecule has 7 heteroatoms. The van der Waals surface area contributed by atoms with Crippen molar-refractivity contribution in [2.45, 2.75) is 31.9 Å². The maximum Gasteiger partial charge on any atom is 0.327 e. The number of ether oxygens (including phenoxy) is 1. The van der Waals surface area contributed by atoms with E-state index in [4.69, 9.17) is 9.84 Å². The number of amides is 2. The van der Waals surface area contributed by atoms with Gasteiger partial charge in [-0.15, -0.1) is 0 Å². The SMILES string of the molecule is CCC1OCCC1CNC(=O)N1CCSCC1C(=O)O. The van der Waals surface area contributed by atoms with E-state index < -0.39 is 12.0 Å². The highest BCUT2D eigenvalue weighted by atomic mass is 32.2. The molecule has 0 spiro atoms. The Morgan fingerprint density at radius 1 is 1.50 bits per heavy atom. The third kappa shape index (κ3) is 3.58. The van der Waals surface area contributed by atoms with E-state index in [1.165, 1.54) is 4.90 Å². The number of hydrogen-bond acceptors (Lipinski definition) is 4. The van der Waals surface area contributed by atoms with Gasteiger partial charge < -0.3 is 20.1 Å². The second-order valence-corrected chi connectivity index (χ2v) is 6.32. The van der Waals surface area contributed by atoms with Crippen molar-refractivity contribution >= 4 is 23.8 Å². The van der Waals surface area contributed by atoms with E-state index in [0.717, 1.165) is 25.2 Å². The van der Waals surface area contributed by atoms with E-state index in [0.29, 0.717) is 24.8 Å². The van der Waals surface area contributed by atoms with Crippen molar-refractivity contribution in [3.8, 4) is 0 Å². The van der Waals surface area contributed by atoms with Crippen molar-refractivity contribution in [3.63, 3.8) is 0 Å². The Kier molecular flexibility index (Phi) is 5.54. The first-order valence-corrected chi connectivity index (χ1v) is 8.25. The van der Waals surface area contributed by atoms with Crippen molar-refractivity contribution in [1.29, 1.82) is 0 Å². The summed E-state index contributed by atoms with van der Waals surface area (Å²) in [7, 11) is 0. The van der Waals surface area contributed by atoms with Gasteiger partial charge in [0.25, 0.3) is 0 Å². The summed E-state index contributed by atoms with van der Waals surface area (Å²) in [6.45, 7) is 3.88. The Balaban J connectivity index is 1.85. The molecule has 2 amide bonds. The molecule has 6 nitrogen and oxygen atoms in total. The zero-order valence-corrected chi connectivity index (χ0v) is 12.5. The molecule has 0 aromatic heterocycles. The number of nitrogens with one attached hydrogen (secondary N) is 1. The highest BCUT2D eigenvalue weighted by Crippen LogP contribution is 2.23. The summed E-state index contributed by atoms with van der Waals surface area (Å²) in [4.78, 5) is 24.8. The monoisotopic (exact) mass is 302 g/mol. The fourth-order valence-corrected chi connectivity index (χ4v) is 3.79. The van der Waals surface area contributed by atoms with Crippen LogP contribution in [0.1, 0.15) is 19.8 Å². The highest BCUT2D eigenvalue weighted by molar-refractivity contribution is 7.99. The molecular weight excluding hydrogens is 280 g/mol. The number of carboxylic acid groups (broad SMARTS) is 1. The zero-order valence-electron chi connectivity index (χ0n) is 11.7. The summed E-state index contributed by atoms with van der Waals surface area (Å²) >= 11 is 1.58. The topological polar surface area (TPSA) is 78.9 Å². The summed E-state index contributed by atoms with van der Waals surface area (Å²) in [5.41, 5.74) is 0. The standard InChI is InChI=1S/C13H22N2O4S/c1-2-11-9(3-5-19-11)7-14-13(18)15-4-6-20-8-10(15)12(16)17/h9-11H,2-8H2,1H3,(H,14,18)(H,16,17). The summed E-state index contributed by atoms with van der Waals surface area (Å²) < 4.78 is 5.59. The van der Waals surface area contributed by atoms with E-state index in [9.17, 15) is 9.59 Å². The number of urea groups is 1. The zero-order chi connectivity index (χ0) is 14.5. The first kappa shape index (κ1) is 15.4. The first-order chi connectivity index (χ1) is 9.63. The second-order valence-electron chi connectivity index (χ2n) is 5.17. The normalized spacial score (nSPS) is 30.2. The maximum atomic E-state index is 12.2. The Morgan fingerprint density at radius 3 is 3.00 bits per heavy atom. The molecule has 3 atom stereocenters. The van der Waals surface area contributed by atoms with Gasteiger partial charge >= 0.3 is 12.0 Å². The molecule has 0 aliphatic carbocycles. The van der Waals surface area contributed by atoms with Gasteiger partial charge in [0.05, 0.1) is 6.10 Å². The maximum absolute atomic E-state index is 12.2. The molecule has 2 saturated heterocycles. The van der Waals surface area contributed by atoms with Crippen LogP contribution in [0.25, 0.3) is 0 Å². The van der Waals surface area contributed by atoms with E-state index in [-0.39, 0.29) is 12.1 Å². The van der Waals surface area contributed by atoms with Gasteiger partial charge in [0.1, 0.15) is 6.04 Å². The van der Waals surface area contributed by atoms with Gasteiger partial charge in [0.15, 0.2) is 0 Å². The predicted molar refractivity (Wildman–Crippen MR) is 77.0 cm³/mol. The van der Waals surface area contributed by atoms with Gasteiger partial charge in [0, 0.05) is 37.1 Å². The molecule has 0 radical (unpaired) electrons. The Labute approximate surface area is 123 Å². The van der Waals surface area contributed by atoms with Crippen LogP contribution in [-0.4, -0.2) is 65.4 Å². The van der Waals surface area contributed by atoms with E-state index in [1.807, 2.05) is 0 Å². The van der Waals surface area contributed by atoms with E-state index in [2.05, 4.69) is 12.2 Å². The highest BCUT2D eigenvalue weighted by Gasteiger charge is 2.33. The van der Waals surface area contributed by atoms with Gasteiger partial charge in [-0.2, -0.15) is 11.8 Å². The number of rotatable bonds is 4. The van der Waals surface area contributed by atoms with Gasteiger partial charge in [-0.1, -0.05) is 6.92 Å². The molecule has 0 bridgehead atoms. The summed E-state index contributed by atoms with van der Waals surface area (Å²) in [5.74, 6) is 0.670. The lowest BCUT2D eigenvalue weighted by atomic mass is 10.00. The van der Waals surface area contributed by atoms with Gasteiger partial charge in [-0.3, -0.25) is 0 Å². The molecule has 2 aliphatic heterocycles. The molecule has 2 aliphatic rings. The largest absolute Gasteiger partial charge is 0.480 e. The van der Waals surface area contributed by atoms with Crippen molar-refractivity contribution in [2.24, 2.45) is 5.92 Å². The predicted octanol–water partition coefficient (Wildman–Crippen LogP) is 1.01. The lowest BCUT2D eigenvalue weighted by Gasteiger charge is -2.33. The fraction of sp³-hybridized carbons (Fsp3) is 0.846. The van der Waals surface area contributed by atoms with Gasteiger partial charge in [-0.05, 0) is 12.8 Å². The summed E-state index contributed by atoms with van der Waals surface area (Å²) in [6.07, 6.45) is 2.11. The van der Waals surface area contributed by atoms with Crippen LogP contribution in [0.5, 0.6) is 0 Å². The molecule has 2 fully saturated rings. The molecule has 114 valence electrons. The van der Waals surface area contributed by atoms with E-state index >= 15 is 0 Å². The molecule has 2 heterocycles. The lowest BCUT2D eigenvalue weighted by Crippen LogP contribution is -2.54. The van der Waals surface area contributed by atoms with Crippen molar-refractivity contribution in [1.82, 2.24) is 10.2 Å². The van der Waals surface area contributed by atoms with Crippen LogP contribution in [0.3, 0.4) is 0 Å². The molecule has 2 rings (SSSR count). The second kappa shape index (κ2) is 7.17. The number of carbonyl (C=O) groups is 2. The minimum Gasteiger partial charge on any atom is -0.480 e. The van der Waals surface area contributed by atoms with Crippen molar-refractivity contribution in [3.05, 3.63) is 0 Å². The molecular formula is C13H22N2O4S. The van der Waals surface area contributed by atoms with Crippen LogP contribution < -0.4 is 5.32 Å². The number of carboxylic acids is 1. The van der Waals surface area contributed by atoms with Crippen LogP contribution >= 0.6 is 11.8 Å². The van der Waals surface area contributed by atoms with Crippen LogP contribution in [0.2, 0.25) is 0 Å². The van der Waals surface area contributed by atoms with Crippen molar-refractivity contribution < 1.29 is 19.4 Å². The number of carbonyl (C=O) groups excluding carboxylic acids is 1. The van der Waals surface area contributed by atoms with Crippen LogP contribution in [0.15, 0.2) is 0 Å². The molecule has 2 N–H and O–H groups in total. The molecule has 0 saturated carbocycles. The molecule has 3 unspecified atom stereocenters. The fourth-order valence-electron chi connectivity index (χ4n) is 2.75. The first-order valence-electron chi connectivity index (χ1n) is 7.10. The number of hydrogen-bond donors (Lipinski definition) is 2. The minimum atomic E-state index is -0.928. The average molecular weight is 302 g/mol. The number of nitrogens with zero attached hydrogens (tertiary/aromatic N) is 1. The van der Waals surface area contributed by atoms with Gasteiger partial charge in [-0.25, -0.2) is 9.59 Å². The van der Waals surface area contributed by atoms with Crippen LogP contribution in [0.4, 0.5) is 4.79 Å². The number of thioether (sulfide) groups is 1. The van der Waals surface area contributed by atoms with Crippen molar-refractivity contribution in [2.75, 3.05) is 31.2 Å². The quantitative estimate of drug-likeness (QED) is 0.810. The summed E-state index contributed by atoms with van der Waals surface area (Å²) in [6, 6.07) is -0.977. The molecule has 20 heavy (non-hydrogen) atoms. The Hall–Kier alpha value is -0.950. The van der Waals surface area contributed by atoms with Gasteiger partial charge in [0.2, 0.25) is 0 Å². The van der Waals surface area contributed by atoms with E-state index in [1.54, 1.807) is 11.8 Å². The Bertz CT molecular complexity index is 366. The third-order valence-corrected chi connectivity index (χ3v) is 4.96.